The molecule has 0 aliphatic carbocycles. The highest BCUT2D eigenvalue weighted by Crippen LogP contribution is 2.18. The first kappa shape index (κ1) is 13.8. The van der Waals surface area contributed by atoms with E-state index < -0.39 is 5.60 Å². The van der Waals surface area contributed by atoms with Gasteiger partial charge in [0.1, 0.15) is 0 Å². The molecule has 0 aromatic carbocycles. The minimum absolute atomic E-state index is 0.123. The van der Waals surface area contributed by atoms with Gasteiger partial charge in [-0.05, 0) is 13.3 Å². The van der Waals surface area contributed by atoms with Crippen LogP contribution in [-0.4, -0.2) is 47.2 Å². The number of nitrogens with one attached hydrogen (secondary N) is 1. The Morgan fingerprint density at radius 1 is 1.07 bits per heavy atom. The minimum atomic E-state index is -1.08. The van der Waals surface area contributed by atoms with Gasteiger partial charge in [0, 0.05) is 25.1 Å². The molecular formula is C10H23NO3. The van der Waals surface area contributed by atoms with Crippen molar-refractivity contribution in [3.63, 3.8) is 0 Å². The SMILES string of the molecule is CCC(C)(CO)CNCC(C)(O)CO. The van der Waals surface area contributed by atoms with Gasteiger partial charge in [0.25, 0.3) is 0 Å². The summed E-state index contributed by atoms with van der Waals surface area (Å²) < 4.78 is 0. The van der Waals surface area contributed by atoms with Gasteiger partial charge in [-0.3, -0.25) is 0 Å². The van der Waals surface area contributed by atoms with E-state index in [-0.39, 0.29) is 18.6 Å². The zero-order chi connectivity index (χ0) is 11.2. The molecule has 0 fully saturated rings. The Kier molecular flexibility index (Phi) is 5.59. The average molecular weight is 205 g/mol. The fraction of sp³-hybridized carbons (Fsp3) is 1.00. The quantitative estimate of drug-likeness (QED) is 0.461. The van der Waals surface area contributed by atoms with E-state index in [4.69, 9.17) is 10.2 Å². The predicted octanol–water partition coefficient (Wildman–Crippen LogP) is -0.272. The number of aliphatic hydroxyl groups excluding tert-OH is 2. The molecule has 4 nitrogen and oxygen atoms in total. The normalized spacial score (nSPS) is 20.1. The van der Waals surface area contributed by atoms with Crippen LogP contribution in [-0.2, 0) is 0 Å². The number of aliphatic hydroxyl groups is 3. The van der Waals surface area contributed by atoms with Crippen molar-refractivity contribution in [3.05, 3.63) is 0 Å². The van der Waals surface area contributed by atoms with E-state index in [9.17, 15) is 5.11 Å². The fourth-order valence-electron chi connectivity index (χ4n) is 0.982. The van der Waals surface area contributed by atoms with Crippen LogP contribution < -0.4 is 5.32 Å². The molecule has 14 heavy (non-hydrogen) atoms. The predicted molar refractivity (Wildman–Crippen MR) is 56.1 cm³/mol. The summed E-state index contributed by atoms with van der Waals surface area (Å²) in [5.74, 6) is 0. The summed E-state index contributed by atoms with van der Waals surface area (Å²) in [4.78, 5) is 0. The summed E-state index contributed by atoms with van der Waals surface area (Å²) in [6.45, 7) is 6.40. The monoisotopic (exact) mass is 205 g/mol. The molecular weight excluding hydrogens is 182 g/mol. The van der Waals surface area contributed by atoms with Gasteiger partial charge >= 0.3 is 0 Å². The lowest BCUT2D eigenvalue weighted by molar-refractivity contribution is -0.000332. The fourth-order valence-corrected chi connectivity index (χ4v) is 0.982. The van der Waals surface area contributed by atoms with Crippen LogP contribution in [0.3, 0.4) is 0 Å². The van der Waals surface area contributed by atoms with Crippen molar-refractivity contribution in [1.29, 1.82) is 0 Å². The van der Waals surface area contributed by atoms with Crippen LogP contribution in [0.25, 0.3) is 0 Å². The van der Waals surface area contributed by atoms with Gasteiger partial charge in [-0.15, -0.1) is 0 Å². The zero-order valence-corrected chi connectivity index (χ0v) is 9.38. The van der Waals surface area contributed by atoms with Gasteiger partial charge in [-0.25, -0.2) is 0 Å². The second-order valence-electron chi connectivity index (χ2n) is 4.58. The summed E-state index contributed by atoms with van der Waals surface area (Å²) in [5.41, 5.74) is -1.23. The van der Waals surface area contributed by atoms with Crippen LogP contribution in [0.5, 0.6) is 0 Å². The molecule has 0 saturated heterocycles. The van der Waals surface area contributed by atoms with Gasteiger partial charge in [-0.1, -0.05) is 13.8 Å². The standard InChI is InChI=1S/C10H23NO3/c1-4-9(2,7-12)5-11-6-10(3,14)8-13/h11-14H,4-8H2,1-3H3. The van der Waals surface area contributed by atoms with Crippen molar-refractivity contribution >= 4 is 0 Å². The highest BCUT2D eigenvalue weighted by Gasteiger charge is 2.23. The Bertz CT molecular complexity index is 155. The molecule has 0 bridgehead atoms. The van der Waals surface area contributed by atoms with Crippen molar-refractivity contribution < 1.29 is 15.3 Å². The summed E-state index contributed by atoms with van der Waals surface area (Å²) >= 11 is 0. The molecule has 2 atom stereocenters. The van der Waals surface area contributed by atoms with Gasteiger partial charge in [-0.2, -0.15) is 0 Å². The zero-order valence-electron chi connectivity index (χ0n) is 9.38. The number of hydrogen-bond acceptors (Lipinski definition) is 4. The first-order valence-corrected chi connectivity index (χ1v) is 5.04. The molecule has 0 amide bonds. The van der Waals surface area contributed by atoms with Crippen molar-refractivity contribution in [2.24, 2.45) is 5.41 Å². The lowest BCUT2D eigenvalue weighted by Crippen LogP contribution is -2.45. The maximum Gasteiger partial charge on any atom is 0.0972 e. The van der Waals surface area contributed by atoms with Crippen LogP contribution in [0.2, 0.25) is 0 Å². The third-order valence-corrected chi connectivity index (χ3v) is 2.63. The van der Waals surface area contributed by atoms with Gasteiger partial charge in [0.05, 0.1) is 12.2 Å². The van der Waals surface area contributed by atoms with E-state index in [2.05, 4.69) is 5.32 Å². The Morgan fingerprint density at radius 2 is 1.64 bits per heavy atom. The average Bonchev–Trinajstić information content (AvgIpc) is 2.17. The second kappa shape index (κ2) is 5.66. The summed E-state index contributed by atoms with van der Waals surface area (Å²) in [6.07, 6.45) is 0.873. The molecule has 0 heterocycles. The van der Waals surface area contributed by atoms with E-state index in [1.54, 1.807) is 6.92 Å². The molecule has 0 radical (unpaired) electrons. The molecule has 0 spiro atoms. The number of hydrogen-bond donors (Lipinski definition) is 4. The molecule has 2 unspecified atom stereocenters. The van der Waals surface area contributed by atoms with E-state index >= 15 is 0 Å². The Labute approximate surface area is 86.0 Å². The van der Waals surface area contributed by atoms with E-state index in [1.165, 1.54) is 0 Å². The van der Waals surface area contributed by atoms with Gasteiger partial charge in [0.2, 0.25) is 0 Å². The van der Waals surface area contributed by atoms with Crippen molar-refractivity contribution in [2.45, 2.75) is 32.8 Å². The van der Waals surface area contributed by atoms with Crippen LogP contribution >= 0.6 is 0 Å². The highest BCUT2D eigenvalue weighted by atomic mass is 16.3. The van der Waals surface area contributed by atoms with Crippen LogP contribution in [0, 0.1) is 5.41 Å². The van der Waals surface area contributed by atoms with Crippen molar-refractivity contribution in [1.82, 2.24) is 5.32 Å². The van der Waals surface area contributed by atoms with Crippen LogP contribution in [0.1, 0.15) is 27.2 Å². The lowest BCUT2D eigenvalue weighted by atomic mass is 9.88. The van der Waals surface area contributed by atoms with Crippen molar-refractivity contribution in [2.75, 3.05) is 26.3 Å². The smallest absolute Gasteiger partial charge is 0.0972 e. The maximum atomic E-state index is 9.49. The Hall–Kier alpha value is -0.160. The Morgan fingerprint density at radius 3 is 2.00 bits per heavy atom. The summed E-state index contributed by atoms with van der Waals surface area (Å²) in [6, 6.07) is 0. The van der Waals surface area contributed by atoms with Crippen LogP contribution in [0.4, 0.5) is 0 Å². The van der Waals surface area contributed by atoms with Crippen LogP contribution in [0.15, 0.2) is 0 Å². The molecule has 0 aliphatic rings. The first-order valence-electron chi connectivity index (χ1n) is 5.04. The summed E-state index contributed by atoms with van der Waals surface area (Å²) in [7, 11) is 0. The third-order valence-electron chi connectivity index (χ3n) is 2.63. The molecule has 4 heteroatoms. The molecule has 0 aliphatic heterocycles. The first-order chi connectivity index (χ1) is 6.39. The van der Waals surface area contributed by atoms with E-state index in [0.717, 1.165) is 6.42 Å². The third kappa shape index (κ3) is 4.91. The maximum absolute atomic E-state index is 9.49. The summed E-state index contributed by atoms with van der Waals surface area (Å²) in [5, 5.41) is 30.5. The lowest BCUT2D eigenvalue weighted by Gasteiger charge is -2.28. The molecule has 86 valence electrons. The minimum Gasteiger partial charge on any atom is -0.396 e. The number of rotatable bonds is 7. The highest BCUT2D eigenvalue weighted by molar-refractivity contribution is 4.79. The Balaban J connectivity index is 3.83. The second-order valence-corrected chi connectivity index (χ2v) is 4.58. The molecule has 0 aromatic rings. The van der Waals surface area contributed by atoms with Gasteiger partial charge in [0.15, 0.2) is 0 Å². The topological polar surface area (TPSA) is 72.7 Å². The molecule has 0 saturated carbocycles. The largest absolute Gasteiger partial charge is 0.396 e. The molecule has 0 rings (SSSR count). The van der Waals surface area contributed by atoms with E-state index in [0.29, 0.717) is 13.1 Å². The van der Waals surface area contributed by atoms with Gasteiger partial charge < -0.3 is 20.6 Å². The molecule has 0 aromatic heterocycles. The van der Waals surface area contributed by atoms with Crippen molar-refractivity contribution in [3.8, 4) is 0 Å². The van der Waals surface area contributed by atoms with E-state index in [1.807, 2.05) is 13.8 Å². The molecule has 4 N–H and O–H groups in total.